The first-order valence-corrected chi connectivity index (χ1v) is 12.5. The number of pyridine rings is 1. The van der Waals surface area contributed by atoms with Crippen LogP contribution in [0.25, 0.3) is 10.2 Å². The topological polar surface area (TPSA) is 101 Å². The molecule has 8 heteroatoms. The van der Waals surface area contributed by atoms with Crippen molar-refractivity contribution in [3.63, 3.8) is 0 Å². The number of carbonyl (C=O) groups is 1. The van der Waals surface area contributed by atoms with Crippen molar-refractivity contribution in [2.75, 3.05) is 26.3 Å². The maximum Gasteiger partial charge on any atom is 0.218 e. The van der Waals surface area contributed by atoms with Gasteiger partial charge in [0.05, 0.1) is 37.2 Å². The SMILES string of the molecule is N#CC[C@]1(N2CCOCC2)CC[C@H](Oc2ccnc3sc4c(c23)[C@@H](CC(N)=O)CC4)CC1. The summed E-state index contributed by atoms with van der Waals surface area (Å²) in [5.41, 5.74) is 6.70. The molecule has 2 aromatic heterocycles. The third-order valence-corrected chi connectivity index (χ3v) is 8.66. The summed E-state index contributed by atoms with van der Waals surface area (Å²) in [5.74, 6) is 0.796. The van der Waals surface area contributed by atoms with Crippen LogP contribution in [0.1, 0.15) is 61.3 Å². The van der Waals surface area contributed by atoms with E-state index < -0.39 is 0 Å². The van der Waals surface area contributed by atoms with Crippen molar-refractivity contribution in [3.05, 3.63) is 22.7 Å². The molecule has 2 aliphatic carbocycles. The van der Waals surface area contributed by atoms with Crippen molar-refractivity contribution in [1.29, 1.82) is 5.26 Å². The van der Waals surface area contributed by atoms with Gasteiger partial charge in [-0.3, -0.25) is 9.69 Å². The summed E-state index contributed by atoms with van der Waals surface area (Å²) < 4.78 is 12.1. The van der Waals surface area contributed by atoms with Gasteiger partial charge in [0.2, 0.25) is 5.91 Å². The number of aryl methyl sites for hydroxylation is 1. The molecule has 3 heterocycles. The number of hydrogen-bond acceptors (Lipinski definition) is 7. The highest BCUT2D eigenvalue weighted by Gasteiger charge is 2.41. The summed E-state index contributed by atoms with van der Waals surface area (Å²) in [7, 11) is 0. The Kier molecular flexibility index (Phi) is 6.06. The first kappa shape index (κ1) is 21.6. The smallest absolute Gasteiger partial charge is 0.218 e. The van der Waals surface area contributed by atoms with E-state index in [0.717, 1.165) is 80.8 Å². The van der Waals surface area contributed by atoms with Gasteiger partial charge >= 0.3 is 0 Å². The molecular formula is C24H30N4O3S. The Morgan fingerprint density at radius 1 is 1.34 bits per heavy atom. The molecule has 1 aliphatic heterocycles. The number of aromatic nitrogens is 1. The van der Waals surface area contributed by atoms with E-state index in [4.69, 9.17) is 15.2 Å². The summed E-state index contributed by atoms with van der Waals surface area (Å²) in [4.78, 5) is 21.0. The first-order valence-electron chi connectivity index (χ1n) is 11.6. The Morgan fingerprint density at radius 3 is 2.84 bits per heavy atom. The molecule has 2 N–H and O–H groups in total. The van der Waals surface area contributed by atoms with Gasteiger partial charge in [0, 0.05) is 36.1 Å². The van der Waals surface area contributed by atoms with E-state index in [-0.39, 0.29) is 23.5 Å². The molecule has 0 radical (unpaired) electrons. The number of ether oxygens (including phenoxy) is 2. The molecule has 1 amide bonds. The van der Waals surface area contributed by atoms with Gasteiger partial charge in [-0.15, -0.1) is 11.3 Å². The zero-order chi connectivity index (χ0) is 22.1. The number of carbonyl (C=O) groups excluding carboxylic acids is 1. The van der Waals surface area contributed by atoms with Gasteiger partial charge < -0.3 is 15.2 Å². The van der Waals surface area contributed by atoms with Gasteiger partial charge in [-0.2, -0.15) is 5.26 Å². The lowest BCUT2D eigenvalue weighted by atomic mass is 9.76. The van der Waals surface area contributed by atoms with Crippen LogP contribution in [0.2, 0.25) is 0 Å². The average Bonchev–Trinajstić information content (AvgIpc) is 3.36. The predicted molar refractivity (Wildman–Crippen MR) is 123 cm³/mol. The molecule has 1 atom stereocenters. The van der Waals surface area contributed by atoms with Crippen LogP contribution >= 0.6 is 11.3 Å². The highest BCUT2D eigenvalue weighted by atomic mass is 32.1. The van der Waals surface area contributed by atoms with Crippen molar-refractivity contribution in [2.45, 2.75) is 68.9 Å². The number of fused-ring (bicyclic) bond motifs is 3. The van der Waals surface area contributed by atoms with Crippen LogP contribution in [0.3, 0.4) is 0 Å². The van der Waals surface area contributed by atoms with E-state index in [1.807, 2.05) is 12.3 Å². The van der Waals surface area contributed by atoms with Crippen LogP contribution in [-0.4, -0.2) is 53.7 Å². The largest absolute Gasteiger partial charge is 0.490 e. The summed E-state index contributed by atoms with van der Waals surface area (Å²) in [6.07, 6.45) is 8.63. The third kappa shape index (κ3) is 3.98. The fraction of sp³-hybridized carbons (Fsp3) is 0.625. The highest BCUT2D eigenvalue weighted by molar-refractivity contribution is 7.19. The quantitative estimate of drug-likeness (QED) is 0.717. The van der Waals surface area contributed by atoms with E-state index in [2.05, 4.69) is 16.0 Å². The number of primary amides is 1. The fourth-order valence-corrected chi connectivity index (χ4v) is 7.15. The van der Waals surface area contributed by atoms with Crippen molar-refractivity contribution >= 4 is 27.5 Å². The minimum atomic E-state index is -0.252. The number of hydrogen-bond donors (Lipinski definition) is 1. The maximum atomic E-state index is 11.6. The van der Waals surface area contributed by atoms with Crippen LogP contribution < -0.4 is 10.5 Å². The lowest BCUT2D eigenvalue weighted by Crippen LogP contribution is -2.55. The summed E-state index contributed by atoms with van der Waals surface area (Å²) in [6.45, 7) is 3.30. The fourth-order valence-electron chi connectivity index (χ4n) is 5.89. The first-order chi connectivity index (χ1) is 15.6. The Hall–Kier alpha value is -2.21. The van der Waals surface area contributed by atoms with E-state index >= 15 is 0 Å². The number of nitriles is 1. The lowest BCUT2D eigenvalue weighted by Gasteiger charge is -2.48. The number of morpholine rings is 1. The van der Waals surface area contributed by atoms with E-state index in [1.54, 1.807) is 11.3 Å². The summed E-state index contributed by atoms with van der Waals surface area (Å²) >= 11 is 1.72. The Morgan fingerprint density at radius 2 is 2.12 bits per heavy atom. The van der Waals surface area contributed by atoms with Gasteiger partial charge in [-0.25, -0.2) is 4.98 Å². The number of nitrogens with two attached hydrogens (primary N) is 1. The number of amides is 1. The molecule has 0 unspecified atom stereocenters. The summed E-state index contributed by atoms with van der Waals surface area (Å²) in [5, 5.41) is 10.6. The molecular weight excluding hydrogens is 424 g/mol. The number of thiophene rings is 1. The zero-order valence-electron chi connectivity index (χ0n) is 18.3. The van der Waals surface area contributed by atoms with E-state index in [0.29, 0.717) is 12.8 Å². The second kappa shape index (κ2) is 8.97. The van der Waals surface area contributed by atoms with Gasteiger partial charge in [0.25, 0.3) is 0 Å². The number of nitrogens with zero attached hydrogens (tertiary/aromatic N) is 3. The molecule has 0 bridgehead atoms. The van der Waals surface area contributed by atoms with Crippen LogP contribution in [0.5, 0.6) is 5.75 Å². The molecule has 3 aliphatic rings. The van der Waals surface area contributed by atoms with Crippen LogP contribution in [0, 0.1) is 11.3 Å². The van der Waals surface area contributed by atoms with Crippen molar-refractivity contribution in [1.82, 2.24) is 9.88 Å². The molecule has 5 rings (SSSR count). The molecule has 2 fully saturated rings. The van der Waals surface area contributed by atoms with Gasteiger partial charge in [0.1, 0.15) is 10.6 Å². The Labute approximate surface area is 192 Å². The predicted octanol–water partition coefficient (Wildman–Crippen LogP) is 3.51. The third-order valence-electron chi connectivity index (χ3n) is 7.49. The molecule has 0 spiro atoms. The average molecular weight is 455 g/mol. The van der Waals surface area contributed by atoms with Gasteiger partial charge in [-0.05, 0) is 56.1 Å². The van der Waals surface area contributed by atoms with E-state index in [9.17, 15) is 10.1 Å². The van der Waals surface area contributed by atoms with Crippen LogP contribution in [0.4, 0.5) is 0 Å². The minimum absolute atomic E-state index is 0.0534. The van der Waals surface area contributed by atoms with Crippen molar-refractivity contribution in [2.24, 2.45) is 5.73 Å². The van der Waals surface area contributed by atoms with E-state index in [1.165, 1.54) is 10.4 Å². The van der Waals surface area contributed by atoms with Gasteiger partial charge in [-0.1, -0.05) is 0 Å². The molecule has 0 aromatic carbocycles. The molecule has 2 aromatic rings. The molecule has 1 saturated heterocycles. The van der Waals surface area contributed by atoms with Crippen LogP contribution in [0.15, 0.2) is 12.3 Å². The Balaban J connectivity index is 1.35. The van der Waals surface area contributed by atoms with Crippen molar-refractivity contribution in [3.8, 4) is 11.8 Å². The highest BCUT2D eigenvalue weighted by Crippen LogP contribution is 2.48. The second-order valence-electron chi connectivity index (χ2n) is 9.31. The molecule has 1 saturated carbocycles. The lowest BCUT2D eigenvalue weighted by molar-refractivity contribution is -0.118. The summed E-state index contributed by atoms with van der Waals surface area (Å²) in [6, 6.07) is 4.41. The monoisotopic (exact) mass is 454 g/mol. The normalized spacial score (nSPS) is 28.3. The zero-order valence-corrected chi connectivity index (χ0v) is 19.2. The number of rotatable bonds is 6. The van der Waals surface area contributed by atoms with Gasteiger partial charge in [0.15, 0.2) is 0 Å². The van der Waals surface area contributed by atoms with Crippen LogP contribution in [-0.2, 0) is 16.0 Å². The minimum Gasteiger partial charge on any atom is -0.490 e. The van der Waals surface area contributed by atoms with Crippen molar-refractivity contribution < 1.29 is 14.3 Å². The second-order valence-corrected chi connectivity index (χ2v) is 10.4. The standard InChI is InChI=1S/C24H30N4O3S/c25-9-8-24(28-11-13-30-14-12-28)6-3-17(4-7-24)31-18-5-10-27-23-22(18)21-16(15-20(26)29)1-2-19(21)32-23/h5,10,16-17H,1-4,6-8,11-15H2,(H2,26,29)/t16-,17-,24-/m1/s1. The molecule has 7 nitrogen and oxygen atoms in total. The Bertz CT molecular complexity index is 1030. The molecule has 170 valence electrons. The molecule has 32 heavy (non-hydrogen) atoms. The maximum absolute atomic E-state index is 11.6.